The van der Waals surface area contributed by atoms with E-state index < -0.39 is 0 Å². The van der Waals surface area contributed by atoms with Crippen LogP contribution < -0.4 is 4.90 Å². The fourth-order valence-corrected chi connectivity index (χ4v) is 3.00. The fourth-order valence-electron chi connectivity index (χ4n) is 2.84. The smallest absolute Gasteiger partial charge is 0.246 e. The highest BCUT2D eigenvalue weighted by atomic mass is 35.5. The molecule has 1 fully saturated rings. The molecule has 0 saturated carbocycles. The van der Waals surface area contributed by atoms with Crippen molar-refractivity contribution in [2.75, 3.05) is 31.1 Å². The van der Waals surface area contributed by atoms with E-state index in [2.05, 4.69) is 16.8 Å². The van der Waals surface area contributed by atoms with Crippen LogP contribution in [0.3, 0.4) is 0 Å². The molecule has 1 aromatic carbocycles. The minimum atomic E-state index is 0.0503. The zero-order valence-corrected chi connectivity index (χ0v) is 14.4. The number of hydrogen-bond donors (Lipinski definition) is 0. The average Bonchev–Trinajstić information content (AvgIpc) is 2.63. The van der Waals surface area contributed by atoms with E-state index in [1.165, 1.54) is 5.56 Å². The molecule has 0 unspecified atom stereocenters. The van der Waals surface area contributed by atoms with Crippen molar-refractivity contribution in [3.8, 4) is 0 Å². The Kier molecular flexibility index (Phi) is 5.16. The predicted octanol–water partition coefficient (Wildman–Crippen LogP) is 3.41. The Morgan fingerprint density at radius 1 is 1.12 bits per heavy atom. The minimum absolute atomic E-state index is 0.0503. The number of carbonyl (C=O) groups is 1. The van der Waals surface area contributed by atoms with Crippen LogP contribution in [0.2, 0.25) is 5.02 Å². The van der Waals surface area contributed by atoms with Gasteiger partial charge >= 0.3 is 0 Å². The number of amides is 1. The van der Waals surface area contributed by atoms with Crippen LogP contribution in [-0.4, -0.2) is 42.0 Å². The Bertz CT molecular complexity index is 738. The number of pyridine rings is 1. The van der Waals surface area contributed by atoms with Gasteiger partial charge in [0.1, 0.15) is 0 Å². The van der Waals surface area contributed by atoms with Crippen LogP contribution in [0.4, 0.5) is 5.69 Å². The second kappa shape index (κ2) is 7.49. The maximum absolute atomic E-state index is 12.3. The van der Waals surface area contributed by atoms with Gasteiger partial charge in [-0.3, -0.25) is 9.78 Å². The highest BCUT2D eigenvalue weighted by Crippen LogP contribution is 2.25. The van der Waals surface area contributed by atoms with E-state index in [9.17, 15) is 4.79 Å². The molecule has 2 aromatic rings. The van der Waals surface area contributed by atoms with Crippen LogP contribution >= 0.6 is 11.6 Å². The van der Waals surface area contributed by atoms with Crippen LogP contribution in [0.5, 0.6) is 0 Å². The molecule has 0 bridgehead atoms. The van der Waals surface area contributed by atoms with Crippen molar-refractivity contribution in [3.05, 3.63) is 65.0 Å². The van der Waals surface area contributed by atoms with E-state index in [0.717, 1.165) is 29.4 Å². The van der Waals surface area contributed by atoms with E-state index in [1.807, 2.05) is 41.3 Å². The summed E-state index contributed by atoms with van der Waals surface area (Å²) in [4.78, 5) is 20.5. The average molecular weight is 342 g/mol. The summed E-state index contributed by atoms with van der Waals surface area (Å²) >= 11 is 6.11. The lowest BCUT2D eigenvalue weighted by Gasteiger charge is -2.36. The lowest BCUT2D eigenvalue weighted by molar-refractivity contribution is -0.126. The third-order valence-electron chi connectivity index (χ3n) is 4.23. The summed E-state index contributed by atoms with van der Waals surface area (Å²) < 4.78 is 0. The first-order valence-electron chi connectivity index (χ1n) is 8.01. The number of benzene rings is 1. The molecule has 0 radical (unpaired) electrons. The zero-order valence-electron chi connectivity index (χ0n) is 13.7. The molecular formula is C19H20ClN3O. The molecule has 124 valence electrons. The monoisotopic (exact) mass is 341 g/mol. The van der Waals surface area contributed by atoms with E-state index in [1.54, 1.807) is 18.5 Å². The molecular weight excluding hydrogens is 322 g/mol. The third kappa shape index (κ3) is 3.95. The van der Waals surface area contributed by atoms with Gasteiger partial charge in [0, 0.05) is 55.4 Å². The van der Waals surface area contributed by atoms with Gasteiger partial charge in [0.05, 0.1) is 0 Å². The largest absolute Gasteiger partial charge is 0.368 e. The summed E-state index contributed by atoms with van der Waals surface area (Å²) in [5.74, 6) is 0.0503. The Balaban J connectivity index is 1.59. The van der Waals surface area contributed by atoms with Crippen LogP contribution in [0.15, 0.2) is 48.8 Å². The molecule has 1 aliphatic heterocycles. The Morgan fingerprint density at radius 2 is 1.83 bits per heavy atom. The quantitative estimate of drug-likeness (QED) is 0.803. The van der Waals surface area contributed by atoms with E-state index >= 15 is 0 Å². The number of aromatic nitrogens is 1. The summed E-state index contributed by atoms with van der Waals surface area (Å²) in [7, 11) is 0. The molecule has 0 spiro atoms. The van der Waals surface area contributed by atoms with E-state index in [4.69, 9.17) is 11.6 Å². The molecule has 0 N–H and O–H groups in total. The van der Waals surface area contributed by atoms with Crippen molar-refractivity contribution in [1.29, 1.82) is 0 Å². The molecule has 1 aromatic heterocycles. The third-order valence-corrected chi connectivity index (χ3v) is 4.46. The SMILES string of the molecule is Cc1ccc(Cl)cc1N1CCN(C(=O)/C=C/c2ccncc2)CC1. The Hall–Kier alpha value is -2.33. The molecule has 0 aliphatic carbocycles. The lowest BCUT2D eigenvalue weighted by Crippen LogP contribution is -2.48. The highest BCUT2D eigenvalue weighted by Gasteiger charge is 2.20. The maximum Gasteiger partial charge on any atom is 0.246 e. The van der Waals surface area contributed by atoms with E-state index in [-0.39, 0.29) is 5.91 Å². The first-order valence-corrected chi connectivity index (χ1v) is 8.39. The maximum atomic E-state index is 12.3. The normalized spacial score (nSPS) is 15.1. The van der Waals surface area contributed by atoms with Gasteiger partial charge in [0.15, 0.2) is 0 Å². The molecule has 1 aliphatic rings. The predicted molar refractivity (Wildman–Crippen MR) is 98.3 cm³/mol. The number of rotatable bonds is 3. The van der Waals surface area contributed by atoms with Crippen LogP contribution in [0, 0.1) is 6.92 Å². The molecule has 4 nitrogen and oxygen atoms in total. The first-order chi connectivity index (χ1) is 11.6. The summed E-state index contributed by atoms with van der Waals surface area (Å²) in [6.45, 7) is 5.14. The number of piperazine rings is 1. The van der Waals surface area contributed by atoms with Gasteiger partial charge in [-0.25, -0.2) is 0 Å². The molecule has 5 heteroatoms. The number of nitrogens with zero attached hydrogens (tertiary/aromatic N) is 3. The van der Waals surface area contributed by atoms with Crippen molar-refractivity contribution < 1.29 is 4.79 Å². The number of carbonyl (C=O) groups excluding carboxylic acids is 1. The molecule has 0 atom stereocenters. The van der Waals surface area contributed by atoms with Crippen molar-refractivity contribution in [2.45, 2.75) is 6.92 Å². The van der Waals surface area contributed by atoms with Crippen LogP contribution in [0.25, 0.3) is 6.08 Å². The number of anilines is 1. The lowest BCUT2D eigenvalue weighted by atomic mass is 10.1. The van der Waals surface area contributed by atoms with Gasteiger partial charge in [-0.05, 0) is 48.4 Å². The number of halogens is 1. The van der Waals surface area contributed by atoms with Gasteiger partial charge in [0.2, 0.25) is 5.91 Å². The van der Waals surface area contributed by atoms with Crippen LogP contribution in [-0.2, 0) is 4.79 Å². The van der Waals surface area contributed by atoms with Gasteiger partial charge in [-0.2, -0.15) is 0 Å². The zero-order chi connectivity index (χ0) is 16.9. The van der Waals surface area contributed by atoms with Crippen molar-refractivity contribution >= 4 is 29.3 Å². The molecule has 2 heterocycles. The van der Waals surface area contributed by atoms with Gasteiger partial charge in [-0.1, -0.05) is 17.7 Å². The minimum Gasteiger partial charge on any atom is -0.368 e. The summed E-state index contributed by atoms with van der Waals surface area (Å²) in [5.41, 5.74) is 3.34. The van der Waals surface area contributed by atoms with E-state index in [0.29, 0.717) is 13.1 Å². The number of hydrogen-bond acceptors (Lipinski definition) is 3. The van der Waals surface area contributed by atoms with Gasteiger partial charge < -0.3 is 9.80 Å². The van der Waals surface area contributed by atoms with Crippen LogP contribution in [0.1, 0.15) is 11.1 Å². The molecule has 24 heavy (non-hydrogen) atoms. The molecule has 3 rings (SSSR count). The Labute approximate surface area is 147 Å². The molecule has 1 amide bonds. The second-order valence-corrected chi connectivity index (χ2v) is 6.29. The Morgan fingerprint density at radius 3 is 2.54 bits per heavy atom. The summed E-state index contributed by atoms with van der Waals surface area (Å²) in [5, 5.41) is 0.745. The van der Waals surface area contributed by atoms with Crippen molar-refractivity contribution in [3.63, 3.8) is 0 Å². The van der Waals surface area contributed by atoms with Gasteiger partial charge in [-0.15, -0.1) is 0 Å². The summed E-state index contributed by atoms with van der Waals surface area (Å²) in [6, 6.07) is 9.70. The topological polar surface area (TPSA) is 36.4 Å². The standard InChI is InChI=1S/C19H20ClN3O/c1-15-2-4-17(20)14-18(15)22-10-12-23(13-11-22)19(24)5-3-16-6-8-21-9-7-16/h2-9,14H,10-13H2,1H3/b5-3+. The second-order valence-electron chi connectivity index (χ2n) is 5.86. The van der Waals surface area contributed by atoms with Crippen molar-refractivity contribution in [1.82, 2.24) is 9.88 Å². The molecule has 1 saturated heterocycles. The number of aryl methyl sites for hydroxylation is 1. The first kappa shape index (κ1) is 16.5. The fraction of sp³-hybridized carbons (Fsp3) is 0.263. The van der Waals surface area contributed by atoms with Crippen molar-refractivity contribution in [2.24, 2.45) is 0 Å². The van der Waals surface area contributed by atoms with Gasteiger partial charge in [0.25, 0.3) is 0 Å². The highest BCUT2D eigenvalue weighted by molar-refractivity contribution is 6.30. The summed E-state index contributed by atoms with van der Waals surface area (Å²) in [6.07, 6.45) is 6.90.